The Morgan fingerprint density at radius 2 is 1.79 bits per heavy atom. The summed E-state index contributed by atoms with van der Waals surface area (Å²) in [5, 5.41) is 0. The van der Waals surface area contributed by atoms with E-state index in [4.69, 9.17) is 4.74 Å². The van der Waals surface area contributed by atoms with Crippen molar-refractivity contribution >= 4 is 0 Å². The fraction of sp³-hybridized carbons (Fsp3) is 0.556. The number of aryl methyl sites for hydroxylation is 1. The van der Waals surface area contributed by atoms with Crippen LogP contribution in [0.5, 0.6) is 0 Å². The minimum Gasteiger partial charge on any atom is -0.377 e. The highest BCUT2D eigenvalue weighted by molar-refractivity contribution is 5.14. The van der Waals surface area contributed by atoms with Crippen LogP contribution in [-0.4, -0.2) is 13.2 Å². The van der Waals surface area contributed by atoms with Gasteiger partial charge in [0, 0.05) is 6.61 Å². The molecular formula is C18H28O. The molecule has 1 heteroatoms. The van der Waals surface area contributed by atoms with Gasteiger partial charge in [-0.1, -0.05) is 62.8 Å². The lowest BCUT2D eigenvalue weighted by Gasteiger charge is -2.19. The van der Waals surface area contributed by atoms with Crippen molar-refractivity contribution in [1.29, 1.82) is 0 Å². The first-order valence-electron chi connectivity index (χ1n) is 7.29. The molecule has 1 aromatic rings. The number of hydrogen-bond donors (Lipinski definition) is 0. The van der Waals surface area contributed by atoms with Crippen molar-refractivity contribution in [3.8, 4) is 0 Å². The maximum absolute atomic E-state index is 5.66. The first kappa shape index (κ1) is 16.0. The average molecular weight is 260 g/mol. The lowest BCUT2D eigenvalue weighted by molar-refractivity contribution is 0.156. The Hall–Kier alpha value is -1.08. The number of allylic oxidation sites excluding steroid dienone is 1. The van der Waals surface area contributed by atoms with Crippen molar-refractivity contribution < 1.29 is 4.74 Å². The summed E-state index contributed by atoms with van der Waals surface area (Å²) in [6.07, 6.45) is 5.70. The molecule has 0 aliphatic rings. The zero-order valence-electron chi connectivity index (χ0n) is 12.9. The number of unbranched alkanes of at least 4 members (excludes halogenated alkanes) is 1. The van der Waals surface area contributed by atoms with Crippen LogP contribution in [0.2, 0.25) is 0 Å². The van der Waals surface area contributed by atoms with Gasteiger partial charge in [0.1, 0.15) is 0 Å². The lowest BCUT2D eigenvalue weighted by Crippen LogP contribution is -2.07. The second-order valence-corrected chi connectivity index (χ2v) is 6.15. The molecule has 0 aliphatic heterocycles. The third kappa shape index (κ3) is 7.17. The SMILES string of the molecule is C/C(=C\COCCCCc1ccccc1)C(C)(C)C. The Bertz CT molecular complexity index is 370. The van der Waals surface area contributed by atoms with Gasteiger partial charge >= 0.3 is 0 Å². The molecule has 0 radical (unpaired) electrons. The van der Waals surface area contributed by atoms with Crippen LogP contribution in [0.4, 0.5) is 0 Å². The number of benzene rings is 1. The summed E-state index contributed by atoms with van der Waals surface area (Å²) in [4.78, 5) is 0. The molecule has 0 heterocycles. The molecule has 0 saturated carbocycles. The molecule has 0 aliphatic carbocycles. The van der Waals surface area contributed by atoms with E-state index in [0.29, 0.717) is 0 Å². The van der Waals surface area contributed by atoms with Crippen LogP contribution in [0.3, 0.4) is 0 Å². The monoisotopic (exact) mass is 260 g/mol. The third-order valence-corrected chi connectivity index (χ3v) is 3.54. The van der Waals surface area contributed by atoms with E-state index in [0.717, 1.165) is 26.1 Å². The van der Waals surface area contributed by atoms with E-state index in [1.54, 1.807) is 0 Å². The van der Waals surface area contributed by atoms with Crippen LogP contribution in [0, 0.1) is 5.41 Å². The van der Waals surface area contributed by atoms with Crippen LogP contribution in [-0.2, 0) is 11.2 Å². The number of rotatable bonds is 7. The summed E-state index contributed by atoms with van der Waals surface area (Å²) in [5.41, 5.74) is 3.08. The van der Waals surface area contributed by atoms with Gasteiger partial charge in [-0.15, -0.1) is 0 Å². The maximum atomic E-state index is 5.66. The van der Waals surface area contributed by atoms with Crippen molar-refractivity contribution in [1.82, 2.24) is 0 Å². The minimum atomic E-state index is 0.261. The van der Waals surface area contributed by atoms with Gasteiger partial charge in [0.2, 0.25) is 0 Å². The molecule has 106 valence electrons. The first-order chi connectivity index (χ1) is 9.00. The summed E-state index contributed by atoms with van der Waals surface area (Å²) < 4.78 is 5.66. The molecule has 0 N–H and O–H groups in total. The summed E-state index contributed by atoms with van der Waals surface area (Å²) in [5.74, 6) is 0. The molecule has 1 aromatic carbocycles. The van der Waals surface area contributed by atoms with Crippen molar-refractivity contribution in [3.63, 3.8) is 0 Å². The topological polar surface area (TPSA) is 9.23 Å². The molecule has 0 bridgehead atoms. The minimum absolute atomic E-state index is 0.261. The predicted octanol–water partition coefficient (Wildman–Crippen LogP) is 5.02. The van der Waals surface area contributed by atoms with Crippen LogP contribution < -0.4 is 0 Å². The van der Waals surface area contributed by atoms with E-state index >= 15 is 0 Å². The molecule has 0 saturated heterocycles. The number of ether oxygens (including phenoxy) is 1. The van der Waals surface area contributed by atoms with Crippen LogP contribution in [0.1, 0.15) is 46.1 Å². The van der Waals surface area contributed by atoms with E-state index < -0.39 is 0 Å². The molecule has 19 heavy (non-hydrogen) atoms. The quantitative estimate of drug-likeness (QED) is 0.494. The molecule has 0 amide bonds. The van der Waals surface area contributed by atoms with Gasteiger partial charge in [-0.25, -0.2) is 0 Å². The highest BCUT2D eigenvalue weighted by atomic mass is 16.5. The van der Waals surface area contributed by atoms with Gasteiger partial charge < -0.3 is 4.74 Å². The molecule has 0 spiro atoms. The Morgan fingerprint density at radius 3 is 2.42 bits per heavy atom. The first-order valence-corrected chi connectivity index (χ1v) is 7.29. The Balaban J connectivity index is 2.06. The van der Waals surface area contributed by atoms with Gasteiger partial charge in [-0.05, 0) is 37.2 Å². The predicted molar refractivity (Wildman–Crippen MR) is 83.4 cm³/mol. The number of hydrogen-bond acceptors (Lipinski definition) is 1. The fourth-order valence-corrected chi connectivity index (χ4v) is 1.75. The summed E-state index contributed by atoms with van der Waals surface area (Å²) in [6, 6.07) is 10.7. The van der Waals surface area contributed by atoms with Gasteiger partial charge in [0.05, 0.1) is 6.61 Å². The molecular weight excluding hydrogens is 232 g/mol. The van der Waals surface area contributed by atoms with Gasteiger partial charge in [0.25, 0.3) is 0 Å². The highest BCUT2D eigenvalue weighted by Gasteiger charge is 2.11. The summed E-state index contributed by atoms with van der Waals surface area (Å²) >= 11 is 0. The smallest absolute Gasteiger partial charge is 0.0650 e. The maximum Gasteiger partial charge on any atom is 0.0650 e. The fourth-order valence-electron chi connectivity index (χ4n) is 1.75. The standard InChI is InChI=1S/C18H28O/c1-16(18(2,3)4)13-15-19-14-9-8-12-17-10-6-5-7-11-17/h5-7,10-11,13H,8-9,12,14-15H2,1-4H3/b16-13+. The Kier molecular flexibility index (Phi) is 6.86. The zero-order valence-corrected chi connectivity index (χ0v) is 12.9. The third-order valence-electron chi connectivity index (χ3n) is 3.54. The molecule has 0 atom stereocenters. The molecule has 0 unspecified atom stereocenters. The Morgan fingerprint density at radius 1 is 1.11 bits per heavy atom. The summed E-state index contributed by atoms with van der Waals surface area (Å²) in [6.45, 7) is 10.5. The van der Waals surface area contributed by atoms with Crippen LogP contribution >= 0.6 is 0 Å². The zero-order chi connectivity index (χ0) is 14.1. The highest BCUT2D eigenvalue weighted by Crippen LogP contribution is 2.23. The van der Waals surface area contributed by atoms with Crippen molar-refractivity contribution in [3.05, 3.63) is 47.5 Å². The normalized spacial score (nSPS) is 12.7. The molecule has 0 aromatic heterocycles. The lowest BCUT2D eigenvalue weighted by atomic mass is 9.87. The van der Waals surface area contributed by atoms with E-state index in [2.05, 4.69) is 64.1 Å². The molecule has 1 rings (SSSR count). The second-order valence-electron chi connectivity index (χ2n) is 6.15. The van der Waals surface area contributed by atoms with Gasteiger partial charge in [0.15, 0.2) is 0 Å². The summed E-state index contributed by atoms with van der Waals surface area (Å²) in [7, 11) is 0. The largest absolute Gasteiger partial charge is 0.377 e. The van der Waals surface area contributed by atoms with Gasteiger partial charge in [-0.2, -0.15) is 0 Å². The van der Waals surface area contributed by atoms with E-state index in [1.165, 1.54) is 17.6 Å². The van der Waals surface area contributed by atoms with E-state index in [-0.39, 0.29) is 5.41 Å². The average Bonchev–Trinajstić information content (AvgIpc) is 2.37. The molecule has 0 fully saturated rings. The second kappa shape index (κ2) is 8.16. The van der Waals surface area contributed by atoms with E-state index in [1.807, 2.05) is 0 Å². The van der Waals surface area contributed by atoms with E-state index in [9.17, 15) is 0 Å². The molecule has 1 nitrogen and oxygen atoms in total. The van der Waals surface area contributed by atoms with Crippen molar-refractivity contribution in [2.24, 2.45) is 5.41 Å². The Labute approximate surface area is 118 Å². The van der Waals surface area contributed by atoms with Crippen molar-refractivity contribution in [2.75, 3.05) is 13.2 Å². The van der Waals surface area contributed by atoms with Gasteiger partial charge in [-0.3, -0.25) is 0 Å². The van der Waals surface area contributed by atoms with Crippen molar-refractivity contribution in [2.45, 2.75) is 47.0 Å². The van der Waals surface area contributed by atoms with Crippen LogP contribution in [0.15, 0.2) is 42.0 Å². The van der Waals surface area contributed by atoms with Crippen LogP contribution in [0.25, 0.3) is 0 Å².